The summed E-state index contributed by atoms with van der Waals surface area (Å²) in [4.78, 5) is 33.6. The van der Waals surface area contributed by atoms with Crippen molar-refractivity contribution in [2.45, 2.75) is 39.9 Å². The number of hydrogen-bond donors (Lipinski definition) is 1. The molecule has 13 heteroatoms. The third-order valence-corrected chi connectivity index (χ3v) is 7.61. The summed E-state index contributed by atoms with van der Waals surface area (Å²) in [7, 11) is 5.32. The number of carbonyl (C=O) groups is 2. The van der Waals surface area contributed by atoms with Gasteiger partial charge in [0.1, 0.15) is 28.2 Å². The smallest absolute Gasteiger partial charge is 0.298 e. The summed E-state index contributed by atoms with van der Waals surface area (Å²) in [6.07, 6.45) is 4.96. The van der Waals surface area contributed by atoms with Gasteiger partial charge in [0, 0.05) is 46.8 Å². The van der Waals surface area contributed by atoms with Crippen LogP contribution in [0.15, 0.2) is 64.6 Å². The summed E-state index contributed by atoms with van der Waals surface area (Å²) in [5, 5.41) is 13.7. The number of fused-ring (bicyclic) bond motifs is 2. The first kappa shape index (κ1) is 31.3. The average Bonchev–Trinajstić information content (AvgIpc) is 3.65. The zero-order valence-electron chi connectivity index (χ0n) is 26.2. The zero-order valence-corrected chi connectivity index (χ0v) is 26.2. The van der Waals surface area contributed by atoms with Crippen molar-refractivity contribution in [2.24, 2.45) is 24.1 Å². The van der Waals surface area contributed by atoms with Crippen LogP contribution in [0.2, 0.25) is 0 Å². The van der Waals surface area contributed by atoms with Gasteiger partial charge in [0.25, 0.3) is 5.91 Å². The van der Waals surface area contributed by atoms with Crippen LogP contribution >= 0.6 is 0 Å². The van der Waals surface area contributed by atoms with Gasteiger partial charge in [0.05, 0.1) is 30.4 Å². The molecule has 0 spiro atoms. The Kier molecular flexibility index (Phi) is 9.48. The number of amides is 2. The third-order valence-electron chi connectivity index (χ3n) is 7.61. The van der Waals surface area contributed by atoms with Crippen molar-refractivity contribution in [3.05, 3.63) is 77.2 Å². The maximum atomic E-state index is 13.5. The van der Waals surface area contributed by atoms with Gasteiger partial charge in [-0.25, -0.2) is 0 Å². The number of ether oxygens (including phenoxy) is 2. The second-order valence-electron chi connectivity index (χ2n) is 10.4. The van der Waals surface area contributed by atoms with E-state index < -0.39 is 5.91 Å². The fraction of sp³-hybridized carbons (Fsp3) is 0.344. The van der Waals surface area contributed by atoms with Gasteiger partial charge in [-0.05, 0) is 44.2 Å². The minimum atomic E-state index is -0.401. The monoisotopic (exact) mass is 614 g/mol. The SMILES string of the molecule is CCn1nc(C)cc1C(=O)/N=c1\n(C)c2cccc(OCCCO)c2n1C/C=C/Cn1/c(=N/C=O)n(C)c2cccc(OC)c21. The van der Waals surface area contributed by atoms with Gasteiger partial charge in [0.2, 0.25) is 17.6 Å². The fourth-order valence-corrected chi connectivity index (χ4v) is 5.56. The Hall–Kier alpha value is -5.17. The minimum absolute atomic E-state index is 0.0160. The highest BCUT2D eigenvalue weighted by atomic mass is 16.5. The molecule has 0 aliphatic heterocycles. The van der Waals surface area contributed by atoms with Gasteiger partial charge >= 0.3 is 0 Å². The lowest BCUT2D eigenvalue weighted by molar-refractivity contribution is -0.107. The molecule has 0 aliphatic rings. The maximum absolute atomic E-state index is 13.5. The molecule has 236 valence electrons. The van der Waals surface area contributed by atoms with Gasteiger partial charge in [-0.2, -0.15) is 15.1 Å². The van der Waals surface area contributed by atoms with Gasteiger partial charge in [0.15, 0.2) is 0 Å². The average molecular weight is 615 g/mol. The number of aliphatic hydroxyl groups excluding tert-OH is 1. The van der Waals surface area contributed by atoms with E-state index in [4.69, 9.17) is 9.47 Å². The number of carbonyl (C=O) groups excluding carboxylic acids is 2. The Balaban J connectivity index is 1.60. The fourth-order valence-electron chi connectivity index (χ4n) is 5.56. The molecule has 5 aromatic rings. The van der Waals surface area contributed by atoms with Crippen molar-refractivity contribution in [1.29, 1.82) is 0 Å². The third kappa shape index (κ3) is 5.98. The molecule has 0 bridgehead atoms. The van der Waals surface area contributed by atoms with E-state index in [0.717, 1.165) is 27.8 Å². The summed E-state index contributed by atoms with van der Waals surface area (Å²) < 4.78 is 20.9. The molecule has 2 aromatic carbocycles. The molecule has 13 nitrogen and oxygen atoms in total. The summed E-state index contributed by atoms with van der Waals surface area (Å²) in [6, 6.07) is 13.2. The van der Waals surface area contributed by atoms with Crippen molar-refractivity contribution in [1.82, 2.24) is 28.0 Å². The number of aromatic nitrogens is 6. The summed E-state index contributed by atoms with van der Waals surface area (Å²) in [5.41, 5.74) is 5.36. The Morgan fingerprint density at radius 1 is 0.978 bits per heavy atom. The van der Waals surface area contributed by atoms with E-state index in [1.165, 1.54) is 0 Å². The maximum Gasteiger partial charge on any atom is 0.298 e. The van der Waals surface area contributed by atoms with Crippen molar-refractivity contribution < 1.29 is 24.2 Å². The van der Waals surface area contributed by atoms with Crippen LogP contribution in [0.4, 0.5) is 0 Å². The second-order valence-corrected chi connectivity index (χ2v) is 10.4. The number of rotatable bonds is 12. The molecule has 0 saturated carbocycles. The number of nitrogens with zero attached hydrogens (tertiary/aromatic N) is 8. The van der Waals surface area contributed by atoms with Crippen molar-refractivity contribution >= 4 is 34.4 Å². The van der Waals surface area contributed by atoms with Crippen LogP contribution in [0.3, 0.4) is 0 Å². The number of para-hydroxylation sites is 2. The van der Waals surface area contributed by atoms with Gasteiger partial charge in [-0.1, -0.05) is 24.3 Å². The van der Waals surface area contributed by atoms with Crippen LogP contribution in [0, 0.1) is 6.92 Å². The first-order valence-corrected chi connectivity index (χ1v) is 14.7. The number of aliphatic hydroxyl groups is 1. The van der Waals surface area contributed by atoms with Crippen LogP contribution in [0.5, 0.6) is 11.5 Å². The number of imidazole rings is 2. The van der Waals surface area contributed by atoms with Crippen molar-refractivity contribution in [3.63, 3.8) is 0 Å². The minimum Gasteiger partial charge on any atom is -0.494 e. The van der Waals surface area contributed by atoms with E-state index in [9.17, 15) is 14.7 Å². The molecule has 0 radical (unpaired) electrons. The molecule has 3 heterocycles. The normalized spacial score (nSPS) is 12.7. The van der Waals surface area contributed by atoms with E-state index in [-0.39, 0.29) is 6.61 Å². The van der Waals surface area contributed by atoms with E-state index in [1.807, 2.05) is 94.8 Å². The summed E-state index contributed by atoms with van der Waals surface area (Å²) >= 11 is 0. The van der Waals surface area contributed by atoms with Crippen LogP contribution in [-0.4, -0.2) is 65.8 Å². The number of allylic oxidation sites excluding steroid dienone is 2. The lowest BCUT2D eigenvalue weighted by Gasteiger charge is -2.09. The molecule has 45 heavy (non-hydrogen) atoms. The lowest BCUT2D eigenvalue weighted by atomic mass is 10.2. The summed E-state index contributed by atoms with van der Waals surface area (Å²) in [5.74, 6) is 0.883. The standard InChI is InChI=1S/C32H38N8O5/c1-6-40-25(20-22(2)35-40)30(43)34-32-37(4)24-13-10-15-27(45-19-11-18-41)29(24)39(32)17-8-7-16-38-28-23(12-9-14-26(28)44-5)36(3)31(38)33-21-42/h7-10,12-15,20-21,41H,6,11,16-19H2,1-5H3/b8-7+,33-31+,34-32+. The molecule has 5 rings (SSSR count). The van der Waals surface area contributed by atoms with E-state index in [0.29, 0.717) is 67.5 Å². The van der Waals surface area contributed by atoms with Crippen LogP contribution in [0.1, 0.15) is 29.5 Å². The molecular formula is C32H38N8O5. The molecular weight excluding hydrogens is 576 g/mol. The summed E-state index contributed by atoms with van der Waals surface area (Å²) in [6.45, 7) is 5.43. The van der Waals surface area contributed by atoms with Crippen LogP contribution < -0.4 is 20.7 Å². The molecule has 0 saturated heterocycles. The van der Waals surface area contributed by atoms with Gasteiger partial charge < -0.3 is 32.8 Å². The van der Waals surface area contributed by atoms with Crippen LogP contribution in [-0.2, 0) is 38.5 Å². The van der Waals surface area contributed by atoms with Gasteiger partial charge in [-0.3, -0.25) is 14.3 Å². The Labute approximate surface area is 259 Å². The lowest BCUT2D eigenvalue weighted by Crippen LogP contribution is -2.26. The highest BCUT2D eigenvalue weighted by Gasteiger charge is 2.18. The van der Waals surface area contributed by atoms with E-state index in [2.05, 4.69) is 15.1 Å². The topological polar surface area (TPSA) is 135 Å². The van der Waals surface area contributed by atoms with E-state index >= 15 is 0 Å². The van der Waals surface area contributed by atoms with Crippen LogP contribution in [0.25, 0.3) is 22.1 Å². The first-order chi connectivity index (χ1) is 21.8. The Morgan fingerprint density at radius 2 is 1.60 bits per heavy atom. The zero-order chi connectivity index (χ0) is 32.1. The highest BCUT2D eigenvalue weighted by molar-refractivity contribution is 5.93. The Bertz CT molecular complexity index is 2040. The Morgan fingerprint density at radius 3 is 2.22 bits per heavy atom. The highest BCUT2D eigenvalue weighted by Crippen LogP contribution is 2.26. The molecule has 0 unspecified atom stereocenters. The molecule has 0 atom stereocenters. The predicted octanol–water partition coefficient (Wildman–Crippen LogP) is 2.62. The molecule has 3 aromatic heterocycles. The largest absolute Gasteiger partial charge is 0.494 e. The number of hydrogen-bond acceptors (Lipinski definition) is 6. The molecule has 0 aliphatic carbocycles. The van der Waals surface area contributed by atoms with E-state index in [1.54, 1.807) is 17.9 Å². The van der Waals surface area contributed by atoms with Gasteiger partial charge in [-0.15, -0.1) is 0 Å². The first-order valence-electron chi connectivity index (χ1n) is 14.7. The quantitative estimate of drug-likeness (QED) is 0.130. The number of benzene rings is 2. The molecule has 0 fully saturated rings. The molecule has 1 N–H and O–H groups in total. The number of methoxy groups -OCH3 is 1. The number of aryl methyl sites for hydroxylation is 4. The predicted molar refractivity (Wildman–Crippen MR) is 169 cm³/mol. The van der Waals surface area contributed by atoms with Crippen molar-refractivity contribution in [3.8, 4) is 11.5 Å². The molecule has 2 amide bonds. The van der Waals surface area contributed by atoms with Crippen molar-refractivity contribution in [2.75, 3.05) is 20.3 Å². The second kappa shape index (κ2) is 13.6.